The van der Waals surface area contributed by atoms with Crippen molar-refractivity contribution in [3.05, 3.63) is 0 Å². The number of carbonyl (C=O) groups excluding carboxylic acids is 2. The van der Waals surface area contributed by atoms with E-state index in [1.54, 1.807) is 19.0 Å². The van der Waals surface area contributed by atoms with Gasteiger partial charge in [-0.25, -0.2) is 0 Å². The highest BCUT2D eigenvalue weighted by Gasteiger charge is 2.31. The average molecular weight is 354 g/mol. The molecule has 0 aliphatic carbocycles. The highest BCUT2D eigenvalue weighted by molar-refractivity contribution is 5.82. The summed E-state index contributed by atoms with van der Waals surface area (Å²) < 4.78 is 5.53. The number of amides is 2. The fourth-order valence-corrected chi connectivity index (χ4v) is 3.37. The van der Waals surface area contributed by atoms with Gasteiger partial charge in [0.05, 0.1) is 19.8 Å². The second kappa shape index (κ2) is 10.1. The lowest BCUT2D eigenvalue weighted by atomic mass is 10.0. The van der Waals surface area contributed by atoms with Crippen LogP contribution in [-0.4, -0.2) is 98.6 Å². The van der Waals surface area contributed by atoms with Crippen molar-refractivity contribution in [1.29, 1.82) is 0 Å². The van der Waals surface area contributed by atoms with E-state index in [4.69, 9.17) is 4.74 Å². The van der Waals surface area contributed by atoms with E-state index >= 15 is 0 Å². The normalized spacial score (nSPS) is 23.4. The van der Waals surface area contributed by atoms with Gasteiger partial charge in [0, 0.05) is 39.8 Å². The van der Waals surface area contributed by atoms with Crippen molar-refractivity contribution in [2.75, 3.05) is 60.0 Å². The van der Waals surface area contributed by atoms with Crippen LogP contribution in [-0.2, 0) is 14.3 Å². The zero-order chi connectivity index (χ0) is 18.2. The predicted octanol–water partition coefficient (Wildman–Crippen LogP) is 0.156. The van der Waals surface area contributed by atoms with Gasteiger partial charge in [0.2, 0.25) is 11.8 Å². The molecule has 0 aromatic carbocycles. The van der Waals surface area contributed by atoms with Crippen LogP contribution in [0.15, 0.2) is 0 Å². The Morgan fingerprint density at radius 2 is 1.92 bits per heavy atom. The second-order valence-electron chi connectivity index (χ2n) is 7.33. The maximum atomic E-state index is 12.7. The summed E-state index contributed by atoms with van der Waals surface area (Å²) in [4.78, 5) is 30.5. The first kappa shape index (κ1) is 20.1. The van der Waals surface area contributed by atoms with Gasteiger partial charge in [-0.05, 0) is 25.8 Å². The topological polar surface area (TPSA) is 65.1 Å². The Balaban J connectivity index is 1.76. The second-order valence-corrected chi connectivity index (χ2v) is 7.33. The van der Waals surface area contributed by atoms with Crippen molar-refractivity contribution in [3.8, 4) is 0 Å². The van der Waals surface area contributed by atoms with Gasteiger partial charge < -0.3 is 15.0 Å². The first-order chi connectivity index (χ1) is 12.0. The molecular formula is C18H34N4O3. The molecule has 7 heteroatoms. The van der Waals surface area contributed by atoms with Gasteiger partial charge in [-0.1, -0.05) is 13.3 Å². The third-order valence-electron chi connectivity index (χ3n) is 5.13. The number of piperidine rings is 1. The van der Waals surface area contributed by atoms with Crippen LogP contribution in [0, 0.1) is 0 Å². The van der Waals surface area contributed by atoms with Gasteiger partial charge in [-0.3, -0.25) is 19.4 Å². The van der Waals surface area contributed by atoms with Crippen LogP contribution in [0.4, 0.5) is 0 Å². The van der Waals surface area contributed by atoms with Crippen LogP contribution < -0.4 is 5.32 Å². The van der Waals surface area contributed by atoms with Crippen LogP contribution in [0.5, 0.6) is 0 Å². The maximum Gasteiger partial charge on any atom is 0.239 e. The molecule has 0 radical (unpaired) electrons. The molecule has 2 rings (SSSR count). The Bertz CT molecular complexity index is 436. The zero-order valence-corrected chi connectivity index (χ0v) is 16.0. The molecule has 25 heavy (non-hydrogen) atoms. The summed E-state index contributed by atoms with van der Waals surface area (Å²) >= 11 is 0. The molecule has 2 fully saturated rings. The van der Waals surface area contributed by atoms with E-state index in [1.807, 2.05) is 0 Å². The van der Waals surface area contributed by atoms with Crippen molar-refractivity contribution in [3.63, 3.8) is 0 Å². The minimum atomic E-state index is -0.159. The van der Waals surface area contributed by atoms with Crippen molar-refractivity contribution in [2.24, 2.45) is 0 Å². The number of hydrogen-bond donors (Lipinski definition) is 1. The minimum Gasteiger partial charge on any atom is -0.378 e. The van der Waals surface area contributed by atoms with Crippen LogP contribution in [0.3, 0.4) is 0 Å². The molecule has 2 aliphatic heterocycles. The fourth-order valence-electron chi connectivity index (χ4n) is 3.37. The van der Waals surface area contributed by atoms with E-state index in [0.717, 1.165) is 51.9 Å². The monoisotopic (exact) mass is 354 g/mol. The Kier molecular flexibility index (Phi) is 8.12. The first-order valence-electron chi connectivity index (χ1n) is 9.56. The Morgan fingerprint density at radius 3 is 2.56 bits per heavy atom. The number of carbonyl (C=O) groups is 2. The molecule has 144 valence electrons. The lowest BCUT2D eigenvalue weighted by Gasteiger charge is -2.37. The molecule has 0 saturated carbocycles. The van der Waals surface area contributed by atoms with Gasteiger partial charge in [-0.2, -0.15) is 0 Å². The molecule has 0 aromatic heterocycles. The third-order valence-corrected chi connectivity index (χ3v) is 5.13. The number of rotatable bonds is 7. The Labute approximate surface area is 151 Å². The lowest BCUT2D eigenvalue weighted by molar-refractivity contribution is -0.134. The van der Waals surface area contributed by atoms with Gasteiger partial charge in [-0.15, -0.1) is 0 Å². The number of hydrogen-bond acceptors (Lipinski definition) is 5. The first-order valence-corrected chi connectivity index (χ1v) is 9.56. The molecule has 2 heterocycles. The maximum absolute atomic E-state index is 12.7. The van der Waals surface area contributed by atoms with E-state index in [2.05, 4.69) is 22.0 Å². The smallest absolute Gasteiger partial charge is 0.239 e. The van der Waals surface area contributed by atoms with Crippen molar-refractivity contribution in [1.82, 2.24) is 20.0 Å². The summed E-state index contributed by atoms with van der Waals surface area (Å²) in [6, 6.07) is 0.0433. The number of likely N-dealkylation sites (tertiary alicyclic amines) is 1. The largest absolute Gasteiger partial charge is 0.378 e. The molecule has 1 N–H and O–H groups in total. The summed E-state index contributed by atoms with van der Waals surface area (Å²) in [5, 5.41) is 3.21. The molecule has 0 aromatic rings. The van der Waals surface area contributed by atoms with Crippen LogP contribution in [0.1, 0.15) is 32.6 Å². The van der Waals surface area contributed by atoms with Gasteiger partial charge in [0.25, 0.3) is 0 Å². The molecule has 1 atom stereocenters. The van der Waals surface area contributed by atoms with E-state index in [1.165, 1.54) is 0 Å². The number of nitrogens with zero attached hydrogens (tertiary/aromatic N) is 3. The van der Waals surface area contributed by atoms with Crippen molar-refractivity contribution < 1.29 is 14.3 Å². The summed E-state index contributed by atoms with van der Waals surface area (Å²) in [6.45, 7) is 7.35. The molecule has 2 saturated heterocycles. The zero-order valence-electron chi connectivity index (χ0n) is 16.0. The van der Waals surface area contributed by atoms with E-state index in [9.17, 15) is 9.59 Å². The summed E-state index contributed by atoms with van der Waals surface area (Å²) in [7, 11) is 3.57. The standard InChI is InChI=1S/C18H34N4O3/c1-4-5-8-22-11-12-25-14-16(22)18(24)19-15-6-9-21(10-7-15)13-17(23)20(2)3/h15-16H,4-14H2,1-3H3,(H,19,24). The average Bonchev–Trinajstić information content (AvgIpc) is 2.61. The summed E-state index contributed by atoms with van der Waals surface area (Å²) in [6.07, 6.45) is 4.04. The number of morpholine rings is 1. The Morgan fingerprint density at radius 1 is 1.20 bits per heavy atom. The predicted molar refractivity (Wildman–Crippen MR) is 97.4 cm³/mol. The fraction of sp³-hybridized carbons (Fsp3) is 0.889. The van der Waals surface area contributed by atoms with Crippen LogP contribution in [0.25, 0.3) is 0 Å². The van der Waals surface area contributed by atoms with Gasteiger partial charge >= 0.3 is 0 Å². The number of nitrogens with one attached hydrogen (secondary N) is 1. The number of unbranched alkanes of at least 4 members (excludes halogenated alkanes) is 1. The summed E-state index contributed by atoms with van der Waals surface area (Å²) in [5.41, 5.74) is 0. The third kappa shape index (κ3) is 6.24. The summed E-state index contributed by atoms with van der Waals surface area (Å²) in [5.74, 6) is 0.229. The van der Waals surface area contributed by atoms with Gasteiger partial charge in [0.15, 0.2) is 0 Å². The number of likely N-dealkylation sites (N-methyl/N-ethyl adjacent to an activating group) is 1. The van der Waals surface area contributed by atoms with Crippen LogP contribution in [0.2, 0.25) is 0 Å². The van der Waals surface area contributed by atoms with E-state index < -0.39 is 0 Å². The highest BCUT2D eigenvalue weighted by Crippen LogP contribution is 2.13. The van der Waals surface area contributed by atoms with Crippen molar-refractivity contribution >= 4 is 11.8 Å². The quantitative estimate of drug-likeness (QED) is 0.705. The van der Waals surface area contributed by atoms with Crippen LogP contribution >= 0.6 is 0 Å². The molecule has 0 spiro atoms. The molecular weight excluding hydrogens is 320 g/mol. The molecule has 2 amide bonds. The molecule has 0 bridgehead atoms. The Hall–Kier alpha value is -1.18. The molecule has 7 nitrogen and oxygen atoms in total. The highest BCUT2D eigenvalue weighted by atomic mass is 16.5. The minimum absolute atomic E-state index is 0.0959. The lowest BCUT2D eigenvalue weighted by Crippen LogP contribution is -2.56. The van der Waals surface area contributed by atoms with Crippen molar-refractivity contribution in [2.45, 2.75) is 44.7 Å². The SMILES string of the molecule is CCCCN1CCOCC1C(=O)NC1CCN(CC(=O)N(C)C)CC1. The molecule has 2 aliphatic rings. The van der Waals surface area contributed by atoms with E-state index in [-0.39, 0.29) is 23.9 Å². The van der Waals surface area contributed by atoms with E-state index in [0.29, 0.717) is 19.8 Å². The molecule has 1 unspecified atom stereocenters. The number of ether oxygens (including phenoxy) is 1. The van der Waals surface area contributed by atoms with Gasteiger partial charge in [0.1, 0.15) is 6.04 Å².